The second-order valence-electron chi connectivity index (χ2n) is 6.25. The molecule has 0 spiro atoms. The summed E-state index contributed by atoms with van der Waals surface area (Å²) in [6.07, 6.45) is 5.10. The van der Waals surface area contributed by atoms with Crippen LogP contribution in [0.25, 0.3) is 0 Å². The summed E-state index contributed by atoms with van der Waals surface area (Å²) in [4.78, 5) is 0. The topological polar surface area (TPSA) is 21.3 Å². The van der Waals surface area contributed by atoms with Crippen molar-refractivity contribution in [3.63, 3.8) is 0 Å². The fourth-order valence-electron chi connectivity index (χ4n) is 2.67. The quantitative estimate of drug-likeness (QED) is 0.689. The normalized spacial score (nSPS) is 21.7. The molecule has 2 nitrogen and oxygen atoms in total. The van der Waals surface area contributed by atoms with Gasteiger partial charge in [-0.2, -0.15) is 0 Å². The maximum absolute atomic E-state index is 5.46. The summed E-state index contributed by atoms with van der Waals surface area (Å²) in [7, 11) is 0. The summed E-state index contributed by atoms with van der Waals surface area (Å²) in [5, 5.41) is 3.62. The third-order valence-corrected chi connectivity index (χ3v) is 4.45. The van der Waals surface area contributed by atoms with Gasteiger partial charge in [0.25, 0.3) is 0 Å². The lowest BCUT2D eigenvalue weighted by atomic mass is 9.71. The third kappa shape index (κ3) is 4.97. The Labute approximate surface area is 108 Å². The SMILES string of the molecule is CCCNCC(C)(CC1CCOCC1)C(C)C. The largest absolute Gasteiger partial charge is 0.381 e. The van der Waals surface area contributed by atoms with Gasteiger partial charge in [-0.3, -0.25) is 0 Å². The van der Waals surface area contributed by atoms with E-state index < -0.39 is 0 Å². The molecule has 1 aliphatic heterocycles. The van der Waals surface area contributed by atoms with E-state index in [9.17, 15) is 0 Å². The first kappa shape index (κ1) is 15.0. The van der Waals surface area contributed by atoms with Crippen molar-refractivity contribution >= 4 is 0 Å². The molecule has 1 N–H and O–H groups in total. The highest BCUT2D eigenvalue weighted by molar-refractivity contribution is 4.83. The molecule has 0 aliphatic carbocycles. The molecule has 0 bridgehead atoms. The molecule has 0 saturated carbocycles. The predicted molar refractivity (Wildman–Crippen MR) is 74.3 cm³/mol. The average molecular weight is 241 g/mol. The molecule has 0 aromatic rings. The molecule has 0 radical (unpaired) electrons. The molecule has 0 amide bonds. The van der Waals surface area contributed by atoms with Crippen LogP contribution < -0.4 is 5.32 Å². The first-order valence-electron chi connectivity index (χ1n) is 7.37. The lowest BCUT2D eigenvalue weighted by molar-refractivity contribution is 0.0402. The fraction of sp³-hybridized carbons (Fsp3) is 1.00. The second-order valence-corrected chi connectivity index (χ2v) is 6.25. The highest BCUT2D eigenvalue weighted by atomic mass is 16.5. The Kier molecular flexibility index (Phi) is 6.50. The van der Waals surface area contributed by atoms with Crippen LogP contribution in [0.5, 0.6) is 0 Å². The molecule has 2 heteroatoms. The van der Waals surface area contributed by atoms with Gasteiger partial charge in [-0.25, -0.2) is 0 Å². The molecule has 0 aromatic carbocycles. The van der Waals surface area contributed by atoms with Crippen molar-refractivity contribution in [1.82, 2.24) is 5.32 Å². The number of ether oxygens (including phenoxy) is 1. The smallest absolute Gasteiger partial charge is 0.0468 e. The van der Waals surface area contributed by atoms with Crippen LogP contribution in [0.2, 0.25) is 0 Å². The van der Waals surface area contributed by atoms with Crippen LogP contribution in [0.4, 0.5) is 0 Å². The minimum absolute atomic E-state index is 0.442. The van der Waals surface area contributed by atoms with E-state index in [-0.39, 0.29) is 0 Å². The summed E-state index contributed by atoms with van der Waals surface area (Å²) in [5.74, 6) is 1.62. The molecular weight excluding hydrogens is 210 g/mol. The van der Waals surface area contributed by atoms with Crippen LogP contribution in [-0.4, -0.2) is 26.3 Å². The first-order valence-corrected chi connectivity index (χ1v) is 7.37. The van der Waals surface area contributed by atoms with Crippen molar-refractivity contribution in [2.24, 2.45) is 17.3 Å². The van der Waals surface area contributed by atoms with E-state index in [1.54, 1.807) is 0 Å². The lowest BCUT2D eigenvalue weighted by Crippen LogP contribution is -2.39. The maximum atomic E-state index is 5.46. The molecule has 1 rings (SSSR count). The predicted octanol–water partition coefficient (Wildman–Crippen LogP) is 3.47. The molecule has 0 aromatic heterocycles. The Bertz CT molecular complexity index is 199. The minimum Gasteiger partial charge on any atom is -0.381 e. The highest BCUT2D eigenvalue weighted by Crippen LogP contribution is 2.36. The Hall–Kier alpha value is -0.0800. The summed E-state index contributed by atoms with van der Waals surface area (Å²) in [6, 6.07) is 0. The van der Waals surface area contributed by atoms with Gasteiger partial charge >= 0.3 is 0 Å². The highest BCUT2D eigenvalue weighted by Gasteiger charge is 2.31. The molecule has 1 saturated heterocycles. The summed E-state index contributed by atoms with van der Waals surface area (Å²) in [5.41, 5.74) is 0.442. The third-order valence-electron chi connectivity index (χ3n) is 4.45. The van der Waals surface area contributed by atoms with Crippen molar-refractivity contribution in [3.05, 3.63) is 0 Å². The van der Waals surface area contributed by atoms with Crippen molar-refractivity contribution in [1.29, 1.82) is 0 Å². The summed E-state index contributed by atoms with van der Waals surface area (Å²) in [6.45, 7) is 13.7. The van der Waals surface area contributed by atoms with Crippen LogP contribution in [0.3, 0.4) is 0 Å². The van der Waals surface area contributed by atoms with E-state index >= 15 is 0 Å². The Morgan fingerprint density at radius 1 is 1.29 bits per heavy atom. The van der Waals surface area contributed by atoms with Gasteiger partial charge in [0.1, 0.15) is 0 Å². The monoisotopic (exact) mass is 241 g/mol. The zero-order valence-corrected chi connectivity index (χ0v) is 12.2. The van der Waals surface area contributed by atoms with Crippen molar-refractivity contribution in [2.45, 2.75) is 53.4 Å². The Morgan fingerprint density at radius 3 is 2.47 bits per heavy atom. The van der Waals surface area contributed by atoms with Crippen LogP contribution in [-0.2, 0) is 4.74 Å². The maximum Gasteiger partial charge on any atom is 0.0468 e. The fourth-order valence-corrected chi connectivity index (χ4v) is 2.67. The molecular formula is C15H31NO. The van der Waals surface area contributed by atoms with E-state index in [4.69, 9.17) is 4.74 Å². The Balaban J connectivity index is 2.44. The molecule has 1 atom stereocenters. The van der Waals surface area contributed by atoms with E-state index in [2.05, 4.69) is 33.0 Å². The van der Waals surface area contributed by atoms with Gasteiger partial charge in [-0.05, 0) is 49.5 Å². The molecule has 1 heterocycles. The summed E-state index contributed by atoms with van der Waals surface area (Å²) >= 11 is 0. The standard InChI is InChI=1S/C15H31NO/c1-5-8-16-12-15(4,13(2)3)11-14-6-9-17-10-7-14/h13-14,16H,5-12H2,1-4H3. The average Bonchev–Trinajstić information content (AvgIpc) is 2.30. The van der Waals surface area contributed by atoms with E-state index in [1.807, 2.05) is 0 Å². The molecule has 1 unspecified atom stereocenters. The minimum atomic E-state index is 0.442. The van der Waals surface area contributed by atoms with Crippen molar-refractivity contribution < 1.29 is 4.74 Å². The van der Waals surface area contributed by atoms with Crippen LogP contribution in [0, 0.1) is 17.3 Å². The zero-order chi connectivity index (χ0) is 12.7. The number of hydrogen-bond acceptors (Lipinski definition) is 2. The van der Waals surface area contributed by atoms with Gasteiger partial charge in [0.05, 0.1) is 0 Å². The van der Waals surface area contributed by atoms with Crippen LogP contribution in [0.15, 0.2) is 0 Å². The van der Waals surface area contributed by atoms with E-state index in [1.165, 1.54) is 25.7 Å². The van der Waals surface area contributed by atoms with Crippen molar-refractivity contribution in [3.8, 4) is 0 Å². The second kappa shape index (κ2) is 7.38. The molecule has 1 fully saturated rings. The van der Waals surface area contributed by atoms with Crippen molar-refractivity contribution in [2.75, 3.05) is 26.3 Å². The number of hydrogen-bond donors (Lipinski definition) is 1. The van der Waals surface area contributed by atoms with Gasteiger partial charge in [-0.15, -0.1) is 0 Å². The lowest BCUT2D eigenvalue weighted by Gasteiger charge is -2.38. The van der Waals surface area contributed by atoms with Gasteiger partial charge in [0.2, 0.25) is 0 Å². The molecule has 102 valence electrons. The first-order chi connectivity index (χ1) is 8.08. The van der Waals surface area contributed by atoms with Gasteiger partial charge in [0, 0.05) is 19.8 Å². The van der Waals surface area contributed by atoms with Gasteiger partial charge in [0.15, 0.2) is 0 Å². The zero-order valence-electron chi connectivity index (χ0n) is 12.2. The Morgan fingerprint density at radius 2 is 1.94 bits per heavy atom. The summed E-state index contributed by atoms with van der Waals surface area (Å²) < 4.78 is 5.46. The number of nitrogens with one attached hydrogen (secondary N) is 1. The van der Waals surface area contributed by atoms with Crippen LogP contribution >= 0.6 is 0 Å². The van der Waals surface area contributed by atoms with Gasteiger partial charge < -0.3 is 10.1 Å². The van der Waals surface area contributed by atoms with Gasteiger partial charge in [-0.1, -0.05) is 27.7 Å². The number of rotatable bonds is 7. The molecule has 17 heavy (non-hydrogen) atoms. The van der Waals surface area contributed by atoms with E-state index in [0.29, 0.717) is 5.41 Å². The van der Waals surface area contributed by atoms with E-state index in [0.717, 1.165) is 38.1 Å². The molecule has 1 aliphatic rings. The van der Waals surface area contributed by atoms with Crippen LogP contribution in [0.1, 0.15) is 53.4 Å².